The molecule has 0 aliphatic heterocycles. The Morgan fingerprint density at radius 2 is 2.08 bits per heavy atom. The fourth-order valence-corrected chi connectivity index (χ4v) is 1.20. The molecule has 0 fully saturated rings. The zero-order chi connectivity index (χ0) is 8.39. The molecule has 0 N–H and O–H groups in total. The fourth-order valence-electron chi connectivity index (χ4n) is 1.20. The Morgan fingerprint density at radius 1 is 1.25 bits per heavy atom. The molecule has 62 valence electrons. The van der Waals surface area contributed by atoms with Crippen molar-refractivity contribution in [3.63, 3.8) is 0 Å². The molecular weight excluding hydrogens is 152 g/mol. The molecular formula is C8H10N4. The summed E-state index contributed by atoms with van der Waals surface area (Å²) in [5, 5.41) is 0. The van der Waals surface area contributed by atoms with Crippen molar-refractivity contribution < 1.29 is 0 Å². The average Bonchev–Trinajstić information content (AvgIpc) is 2.50. The third-order valence-corrected chi connectivity index (χ3v) is 1.72. The van der Waals surface area contributed by atoms with Crippen molar-refractivity contribution in [2.45, 2.75) is 19.9 Å². The monoisotopic (exact) mass is 162 g/mol. The van der Waals surface area contributed by atoms with Crippen LogP contribution in [-0.2, 0) is 6.54 Å². The molecule has 0 aromatic carbocycles. The number of hydrogen-bond donors (Lipinski definition) is 0. The van der Waals surface area contributed by atoms with E-state index < -0.39 is 0 Å². The number of nitrogens with zero attached hydrogens (tertiary/aromatic N) is 4. The quantitative estimate of drug-likeness (QED) is 0.667. The van der Waals surface area contributed by atoms with Crippen molar-refractivity contribution in [1.82, 2.24) is 19.5 Å². The molecule has 0 radical (unpaired) electrons. The van der Waals surface area contributed by atoms with E-state index in [-0.39, 0.29) is 0 Å². The van der Waals surface area contributed by atoms with Crippen molar-refractivity contribution >= 4 is 11.3 Å². The first kappa shape index (κ1) is 7.21. The molecule has 0 bridgehead atoms. The molecule has 2 aromatic heterocycles. The van der Waals surface area contributed by atoms with Crippen molar-refractivity contribution in [1.29, 1.82) is 0 Å². The third-order valence-electron chi connectivity index (χ3n) is 1.72. The summed E-state index contributed by atoms with van der Waals surface area (Å²) in [6.07, 6.45) is 6.22. The summed E-state index contributed by atoms with van der Waals surface area (Å²) in [7, 11) is 0. The van der Waals surface area contributed by atoms with Gasteiger partial charge in [-0.3, -0.25) is 0 Å². The lowest BCUT2D eigenvalue weighted by Crippen LogP contribution is -1.95. The molecule has 0 aliphatic carbocycles. The van der Waals surface area contributed by atoms with Crippen LogP contribution in [0.2, 0.25) is 0 Å². The highest BCUT2D eigenvalue weighted by atomic mass is 15.1. The first-order chi connectivity index (χ1) is 5.92. The summed E-state index contributed by atoms with van der Waals surface area (Å²) in [6, 6.07) is 0. The van der Waals surface area contributed by atoms with E-state index in [1.165, 1.54) is 0 Å². The Labute approximate surface area is 70.3 Å². The zero-order valence-corrected chi connectivity index (χ0v) is 6.94. The molecule has 0 atom stereocenters. The van der Waals surface area contributed by atoms with E-state index in [1.54, 1.807) is 18.7 Å². The summed E-state index contributed by atoms with van der Waals surface area (Å²) < 4.78 is 2.02. The number of rotatable bonds is 2. The van der Waals surface area contributed by atoms with Gasteiger partial charge in [-0.25, -0.2) is 15.0 Å². The number of aromatic nitrogens is 4. The van der Waals surface area contributed by atoms with Crippen LogP contribution in [0.15, 0.2) is 18.7 Å². The predicted octanol–water partition coefficient (Wildman–Crippen LogP) is 1.24. The van der Waals surface area contributed by atoms with Crippen LogP contribution in [0, 0.1) is 0 Å². The molecule has 2 aromatic rings. The maximum absolute atomic E-state index is 4.20. The van der Waals surface area contributed by atoms with E-state index in [4.69, 9.17) is 0 Å². The SMILES string of the molecule is CCCn1cnc2nccnc21. The lowest BCUT2D eigenvalue weighted by atomic mass is 10.5. The number of imidazole rings is 1. The first-order valence-corrected chi connectivity index (χ1v) is 4.03. The average molecular weight is 162 g/mol. The summed E-state index contributed by atoms with van der Waals surface area (Å²) in [5.41, 5.74) is 1.60. The standard InChI is InChI=1S/C8H10N4/c1-2-5-12-6-11-7-8(12)10-4-3-9-7/h3-4,6H,2,5H2,1H3. The normalized spacial score (nSPS) is 10.8. The van der Waals surface area contributed by atoms with Crippen molar-refractivity contribution in [3.8, 4) is 0 Å². The third kappa shape index (κ3) is 1.05. The van der Waals surface area contributed by atoms with Crippen molar-refractivity contribution in [3.05, 3.63) is 18.7 Å². The summed E-state index contributed by atoms with van der Waals surface area (Å²) in [5.74, 6) is 0. The van der Waals surface area contributed by atoms with Crippen LogP contribution in [0.4, 0.5) is 0 Å². The van der Waals surface area contributed by atoms with Crippen LogP contribution >= 0.6 is 0 Å². The Morgan fingerprint density at radius 3 is 2.92 bits per heavy atom. The first-order valence-electron chi connectivity index (χ1n) is 4.03. The second-order valence-corrected chi connectivity index (χ2v) is 2.64. The van der Waals surface area contributed by atoms with Gasteiger partial charge < -0.3 is 4.57 Å². The van der Waals surface area contributed by atoms with Gasteiger partial charge >= 0.3 is 0 Å². The number of hydrogen-bond acceptors (Lipinski definition) is 3. The van der Waals surface area contributed by atoms with Gasteiger partial charge in [0.1, 0.15) is 0 Å². The highest BCUT2D eigenvalue weighted by molar-refractivity contribution is 5.64. The van der Waals surface area contributed by atoms with Gasteiger partial charge in [0.2, 0.25) is 0 Å². The molecule has 4 heteroatoms. The number of aryl methyl sites for hydroxylation is 1. The van der Waals surface area contributed by atoms with Gasteiger partial charge in [0.15, 0.2) is 11.3 Å². The van der Waals surface area contributed by atoms with Crippen molar-refractivity contribution in [2.24, 2.45) is 0 Å². The molecule has 0 spiro atoms. The molecule has 0 saturated heterocycles. The summed E-state index contributed by atoms with van der Waals surface area (Å²) in [6.45, 7) is 3.08. The second-order valence-electron chi connectivity index (χ2n) is 2.64. The Balaban J connectivity index is 2.55. The zero-order valence-electron chi connectivity index (χ0n) is 6.94. The highest BCUT2D eigenvalue weighted by Crippen LogP contribution is 2.05. The summed E-state index contributed by atoms with van der Waals surface area (Å²) in [4.78, 5) is 12.4. The van der Waals surface area contributed by atoms with Crippen LogP contribution in [0.3, 0.4) is 0 Å². The van der Waals surface area contributed by atoms with Gasteiger partial charge in [0.05, 0.1) is 6.33 Å². The Bertz CT molecular complexity index is 379. The van der Waals surface area contributed by atoms with Gasteiger partial charge in [0.25, 0.3) is 0 Å². The molecule has 2 rings (SSSR count). The number of fused-ring (bicyclic) bond motifs is 1. The lowest BCUT2D eigenvalue weighted by molar-refractivity contribution is 0.691. The van der Waals surface area contributed by atoms with E-state index in [2.05, 4.69) is 21.9 Å². The molecule has 0 unspecified atom stereocenters. The van der Waals surface area contributed by atoms with Crippen LogP contribution in [0.5, 0.6) is 0 Å². The van der Waals surface area contributed by atoms with E-state index in [0.29, 0.717) is 0 Å². The van der Waals surface area contributed by atoms with Crippen molar-refractivity contribution in [2.75, 3.05) is 0 Å². The van der Waals surface area contributed by atoms with Crippen LogP contribution in [0.25, 0.3) is 11.3 Å². The van der Waals surface area contributed by atoms with Gasteiger partial charge in [0, 0.05) is 18.9 Å². The minimum Gasteiger partial charge on any atom is -0.314 e. The smallest absolute Gasteiger partial charge is 0.197 e. The van der Waals surface area contributed by atoms with Gasteiger partial charge in [-0.1, -0.05) is 6.92 Å². The maximum atomic E-state index is 4.20. The largest absolute Gasteiger partial charge is 0.314 e. The molecule has 12 heavy (non-hydrogen) atoms. The van der Waals surface area contributed by atoms with E-state index in [9.17, 15) is 0 Å². The molecule has 0 saturated carbocycles. The Hall–Kier alpha value is -1.45. The van der Waals surface area contributed by atoms with E-state index in [1.807, 2.05) is 4.57 Å². The fraction of sp³-hybridized carbons (Fsp3) is 0.375. The molecule has 4 nitrogen and oxygen atoms in total. The second kappa shape index (κ2) is 2.89. The van der Waals surface area contributed by atoms with Gasteiger partial charge in [-0.2, -0.15) is 0 Å². The van der Waals surface area contributed by atoms with Crippen LogP contribution in [0.1, 0.15) is 13.3 Å². The van der Waals surface area contributed by atoms with Gasteiger partial charge in [-0.15, -0.1) is 0 Å². The van der Waals surface area contributed by atoms with Crippen LogP contribution in [-0.4, -0.2) is 19.5 Å². The van der Waals surface area contributed by atoms with Crippen LogP contribution < -0.4 is 0 Å². The summed E-state index contributed by atoms with van der Waals surface area (Å²) >= 11 is 0. The maximum Gasteiger partial charge on any atom is 0.197 e. The lowest BCUT2D eigenvalue weighted by Gasteiger charge is -1.97. The minimum atomic E-state index is 0.728. The van der Waals surface area contributed by atoms with E-state index in [0.717, 1.165) is 24.3 Å². The predicted molar refractivity (Wildman–Crippen MR) is 45.6 cm³/mol. The molecule has 0 aliphatic rings. The molecule has 2 heterocycles. The van der Waals surface area contributed by atoms with E-state index >= 15 is 0 Å². The molecule has 0 amide bonds. The van der Waals surface area contributed by atoms with Gasteiger partial charge in [-0.05, 0) is 6.42 Å². The minimum absolute atomic E-state index is 0.728. The highest BCUT2D eigenvalue weighted by Gasteiger charge is 2.01. The Kier molecular flexibility index (Phi) is 1.74. The topological polar surface area (TPSA) is 43.6 Å².